The van der Waals surface area contributed by atoms with Gasteiger partial charge in [0.1, 0.15) is 5.82 Å². The zero-order valence-corrected chi connectivity index (χ0v) is 20.1. The first kappa shape index (κ1) is 29.1. The molecule has 3 rings (SSSR count). The fraction of sp³-hybridized carbons (Fsp3) is 0.167. The number of carboxylic acid groups (broad SMARTS) is 2. The molecule has 0 aromatic heterocycles. The van der Waals surface area contributed by atoms with Crippen LogP contribution >= 0.6 is 0 Å². The Bertz CT molecular complexity index is 1330. The van der Waals surface area contributed by atoms with Crippen LogP contribution in [-0.2, 0) is 21.4 Å². The van der Waals surface area contributed by atoms with Crippen molar-refractivity contribution >= 4 is 33.3 Å². The number of carboxylic acids is 2. The predicted molar refractivity (Wildman–Crippen MR) is 127 cm³/mol. The molecule has 198 valence electrons. The fourth-order valence-corrected chi connectivity index (χ4v) is 4.08. The Labute approximate surface area is 209 Å². The van der Waals surface area contributed by atoms with Gasteiger partial charge in [0, 0.05) is 13.1 Å². The third-order valence-corrected chi connectivity index (χ3v) is 6.17. The van der Waals surface area contributed by atoms with Gasteiger partial charge in [0.15, 0.2) is 0 Å². The van der Waals surface area contributed by atoms with Gasteiger partial charge in [-0.2, -0.15) is 13.2 Å². The molecule has 0 aliphatic heterocycles. The van der Waals surface area contributed by atoms with E-state index < -0.39 is 34.0 Å². The molecule has 3 aromatic rings. The van der Waals surface area contributed by atoms with E-state index in [9.17, 15) is 35.9 Å². The van der Waals surface area contributed by atoms with Gasteiger partial charge in [-0.1, -0.05) is 30.3 Å². The third kappa shape index (κ3) is 8.49. The smallest absolute Gasteiger partial charge is 0.478 e. The molecular weight excluding hydrogens is 520 g/mol. The topological polar surface area (TPSA) is 124 Å². The maximum Gasteiger partial charge on any atom is 0.490 e. The molecule has 0 unspecified atom stereocenters. The number of benzene rings is 3. The van der Waals surface area contributed by atoms with E-state index >= 15 is 0 Å². The van der Waals surface area contributed by atoms with Crippen molar-refractivity contribution in [1.29, 1.82) is 0 Å². The number of hydrogen-bond donors (Lipinski definition) is 3. The Morgan fingerprint density at radius 2 is 1.51 bits per heavy atom. The first-order chi connectivity index (χ1) is 17.2. The molecule has 0 saturated heterocycles. The number of nitrogens with zero attached hydrogens (tertiary/aromatic N) is 1. The molecule has 0 aliphatic rings. The van der Waals surface area contributed by atoms with Crippen LogP contribution in [0.3, 0.4) is 0 Å². The highest BCUT2D eigenvalue weighted by Crippen LogP contribution is 2.31. The number of halogens is 4. The number of rotatable bonds is 8. The van der Waals surface area contributed by atoms with Crippen molar-refractivity contribution in [2.75, 3.05) is 16.2 Å². The van der Waals surface area contributed by atoms with Gasteiger partial charge in [0.05, 0.1) is 21.8 Å². The minimum atomic E-state index is -5.08. The van der Waals surface area contributed by atoms with Gasteiger partial charge in [0.25, 0.3) is 10.0 Å². The van der Waals surface area contributed by atoms with Crippen LogP contribution in [0.15, 0.2) is 77.7 Å². The van der Waals surface area contributed by atoms with Gasteiger partial charge in [-0.25, -0.2) is 22.4 Å². The molecule has 0 fully saturated rings. The Morgan fingerprint density at radius 3 is 2.00 bits per heavy atom. The molecule has 0 aliphatic carbocycles. The quantitative estimate of drug-likeness (QED) is 0.343. The van der Waals surface area contributed by atoms with Gasteiger partial charge in [-0.05, 0) is 55.0 Å². The van der Waals surface area contributed by atoms with Crippen LogP contribution in [0.2, 0.25) is 0 Å². The average Bonchev–Trinajstić information content (AvgIpc) is 2.83. The minimum absolute atomic E-state index is 0.0497. The summed E-state index contributed by atoms with van der Waals surface area (Å²) in [6, 6.07) is 18.3. The second kappa shape index (κ2) is 12.2. The minimum Gasteiger partial charge on any atom is -0.478 e. The van der Waals surface area contributed by atoms with Crippen molar-refractivity contribution in [3.05, 3.63) is 89.7 Å². The summed E-state index contributed by atoms with van der Waals surface area (Å²) in [6.45, 7) is 2.99. The lowest BCUT2D eigenvalue weighted by Crippen LogP contribution is -2.24. The van der Waals surface area contributed by atoms with Crippen LogP contribution in [0.4, 0.5) is 28.9 Å². The molecule has 3 N–H and O–H groups in total. The van der Waals surface area contributed by atoms with Crippen LogP contribution < -0.4 is 9.62 Å². The van der Waals surface area contributed by atoms with Crippen LogP contribution in [0.1, 0.15) is 22.8 Å². The second-order valence-corrected chi connectivity index (χ2v) is 9.08. The Hall–Kier alpha value is -4.13. The van der Waals surface area contributed by atoms with Crippen molar-refractivity contribution in [3.63, 3.8) is 0 Å². The van der Waals surface area contributed by atoms with Crippen molar-refractivity contribution in [2.24, 2.45) is 0 Å². The molecule has 37 heavy (non-hydrogen) atoms. The summed E-state index contributed by atoms with van der Waals surface area (Å²) < 4.78 is 73.0. The lowest BCUT2D eigenvalue weighted by Gasteiger charge is -2.26. The summed E-state index contributed by atoms with van der Waals surface area (Å²) in [6.07, 6.45) is -5.08. The summed E-state index contributed by atoms with van der Waals surface area (Å²) in [4.78, 5) is 22.1. The third-order valence-electron chi connectivity index (χ3n) is 4.79. The van der Waals surface area contributed by atoms with E-state index in [1.54, 1.807) is 6.07 Å². The normalized spacial score (nSPS) is 11.2. The zero-order valence-electron chi connectivity index (χ0n) is 19.2. The highest BCUT2D eigenvalue weighted by molar-refractivity contribution is 7.92. The van der Waals surface area contributed by atoms with E-state index in [1.165, 1.54) is 12.1 Å². The molecule has 8 nitrogen and oxygen atoms in total. The lowest BCUT2D eigenvalue weighted by molar-refractivity contribution is -0.192. The monoisotopic (exact) mass is 542 g/mol. The molecule has 0 heterocycles. The standard InChI is InChI=1S/C22H21FN2O4S.C2HF3O2/c1-2-25(15-16-6-4-3-5-7-16)21-13-8-17(22(26)27)14-20(21)24-30(28,29)19-11-9-18(23)10-12-19;3-2(4,5)1(6)7/h3-14,24H,2,15H2,1H3,(H,26,27);(H,6,7). The molecule has 13 heteroatoms. The molecule has 3 aromatic carbocycles. The number of hydrogen-bond acceptors (Lipinski definition) is 5. The molecule has 0 radical (unpaired) electrons. The van der Waals surface area contributed by atoms with Crippen LogP contribution in [0, 0.1) is 5.82 Å². The van der Waals surface area contributed by atoms with Gasteiger partial charge in [-0.15, -0.1) is 0 Å². The summed E-state index contributed by atoms with van der Waals surface area (Å²) in [5.41, 5.74) is 1.65. The first-order valence-corrected chi connectivity index (χ1v) is 12.0. The van der Waals surface area contributed by atoms with Gasteiger partial charge in [-0.3, -0.25) is 4.72 Å². The lowest BCUT2D eigenvalue weighted by atomic mass is 10.1. The number of aliphatic carboxylic acids is 1. The fourth-order valence-electron chi connectivity index (χ4n) is 3.02. The van der Waals surface area contributed by atoms with Gasteiger partial charge < -0.3 is 15.1 Å². The maximum absolute atomic E-state index is 13.2. The van der Waals surface area contributed by atoms with E-state index in [2.05, 4.69) is 4.72 Å². The van der Waals surface area contributed by atoms with Crippen molar-refractivity contribution in [3.8, 4) is 0 Å². The second-order valence-electron chi connectivity index (χ2n) is 7.40. The zero-order chi connectivity index (χ0) is 27.8. The maximum atomic E-state index is 13.2. The molecule has 0 bridgehead atoms. The summed E-state index contributed by atoms with van der Waals surface area (Å²) in [5, 5.41) is 16.5. The predicted octanol–water partition coefficient (Wildman–Crippen LogP) is 4.98. The molecule has 0 spiro atoms. The van der Waals surface area contributed by atoms with Crippen molar-refractivity contribution < 1.29 is 45.8 Å². The average molecular weight is 543 g/mol. The van der Waals surface area contributed by atoms with Crippen molar-refractivity contribution in [1.82, 2.24) is 0 Å². The van der Waals surface area contributed by atoms with E-state index in [4.69, 9.17) is 9.90 Å². The summed E-state index contributed by atoms with van der Waals surface area (Å²) in [7, 11) is -4.05. The van der Waals surface area contributed by atoms with E-state index in [1.807, 2.05) is 42.2 Å². The number of carbonyl (C=O) groups is 2. The number of anilines is 2. The number of sulfonamides is 1. The number of aromatic carboxylic acids is 1. The Kier molecular flexibility index (Phi) is 9.61. The van der Waals surface area contributed by atoms with Crippen LogP contribution in [0.5, 0.6) is 0 Å². The summed E-state index contributed by atoms with van der Waals surface area (Å²) in [5.74, 6) is -4.48. The first-order valence-electron chi connectivity index (χ1n) is 10.5. The molecule has 0 atom stereocenters. The van der Waals surface area contributed by atoms with E-state index in [0.29, 0.717) is 18.8 Å². The Balaban J connectivity index is 0.000000604. The highest BCUT2D eigenvalue weighted by Gasteiger charge is 2.38. The number of nitrogens with one attached hydrogen (secondary N) is 1. The van der Waals surface area contributed by atoms with E-state index in [0.717, 1.165) is 29.8 Å². The summed E-state index contributed by atoms with van der Waals surface area (Å²) >= 11 is 0. The molecule has 0 saturated carbocycles. The van der Waals surface area contributed by atoms with Gasteiger partial charge >= 0.3 is 18.1 Å². The molecule has 0 amide bonds. The SMILES string of the molecule is CCN(Cc1ccccc1)c1ccc(C(=O)O)cc1NS(=O)(=O)c1ccc(F)cc1.O=C(O)C(F)(F)F. The Morgan fingerprint density at radius 1 is 0.946 bits per heavy atom. The highest BCUT2D eigenvalue weighted by atomic mass is 32.2. The largest absolute Gasteiger partial charge is 0.490 e. The molecular formula is C24H22F4N2O6S. The number of alkyl halides is 3. The van der Waals surface area contributed by atoms with Crippen LogP contribution in [0.25, 0.3) is 0 Å². The van der Waals surface area contributed by atoms with Crippen LogP contribution in [-0.4, -0.2) is 43.3 Å². The van der Waals surface area contributed by atoms with E-state index in [-0.39, 0.29) is 16.1 Å². The van der Waals surface area contributed by atoms with Crippen molar-refractivity contribution in [2.45, 2.75) is 24.5 Å². The van der Waals surface area contributed by atoms with Gasteiger partial charge in [0.2, 0.25) is 0 Å².